The number of nitrogens with one attached hydrogen (secondary N) is 1. The van der Waals surface area contributed by atoms with Gasteiger partial charge in [0.1, 0.15) is 0 Å². The molecule has 10 nitrogen and oxygen atoms in total. The summed E-state index contributed by atoms with van der Waals surface area (Å²) in [5.74, 6) is 0.00883. The van der Waals surface area contributed by atoms with Crippen molar-refractivity contribution in [3.8, 4) is 17.2 Å². The van der Waals surface area contributed by atoms with Crippen LogP contribution in [0.15, 0.2) is 30.3 Å². The zero-order valence-electron chi connectivity index (χ0n) is 20.8. The Balaban J connectivity index is 2.75. The van der Waals surface area contributed by atoms with Crippen LogP contribution in [0.5, 0.6) is 17.2 Å². The van der Waals surface area contributed by atoms with Crippen LogP contribution in [0.3, 0.4) is 0 Å². The van der Waals surface area contributed by atoms with E-state index in [4.69, 9.17) is 23.3 Å². The fourth-order valence-electron chi connectivity index (χ4n) is 3.39. The zero-order valence-corrected chi connectivity index (χ0v) is 21.7. The molecular weight excluding hydrogens is 463 g/mol. The second kappa shape index (κ2) is 11.6. The predicted molar refractivity (Wildman–Crippen MR) is 130 cm³/mol. The molecule has 0 saturated carbocycles. The van der Waals surface area contributed by atoms with Crippen LogP contribution >= 0.6 is 7.60 Å². The molecule has 34 heavy (non-hydrogen) atoms. The number of rotatable bonds is 12. The number of ether oxygens (including phenoxy) is 3. The van der Waals surface area contributed by atoms with Gasteiger partial charge in [-0.05, 0) is 58.4 Å². The van der Waals surface area contributed by atoms with E-state index in [1.165, 1.54) is 27.4 Å². The number of hydrogen-bond acceptors (Lipinski definition) is 9. The van der Waals surface area contributed by atoms with Crippen molar-refractivity contribution >= 4 is 19.0 Å². The Labute approximate surface area is 200 Å². The Morgan fingerprint density at radius 3 is 1.85 bits per heavy atom. The summed E-state index contributed by atoms with van der Waals surface area (Å²) in [5, 5.41) is 14.6. The molecule has 1 N–H and O–H groups in total. The molecule has 0 amide bonds. The summed E-state index contributed by atoms with van der Waals surface area (Å²) < 4.78 is 42.3. The molecule has 0 saturated heterocycles. The van der Waals surface area contributed by atoms with Gasteiger partial charge in [0.15, 0.2) is 17.3 Å². The second-order valence-electron chi connectivity index (χ2n) is 8.11. The quantitative estimate of drug-likeness (QED) is 0.212. The summed E-state index contributed by atoms with van der Waals surface area (Å²) in [4.78, 5) is 11.0. The van der Waals surface area contributed by atoms with E-state index in [2.05, 4.69) is 5.32 Å². The van der Waals surface area contributed by atoms with Crippen molar-refractivity contribution in [1.82, 2.24) is 0 Å². The van der Waals surface area contributed by atoms with Crippen molar-refractivity contribution in [2.75, 3.05) is 26.6 Å². The molecule has 0 aliphatic rings. The van der Waals surface area contributed by atoms with Gasteiger partial charge in [0, 0.05) is 17.3 Å². The monoisotopic (exact) mass is 496 g/mol. The molecule has 2 rings (SSSR count). The van der Waals surface area contributed by atoms with Crippen molar-refractivity contribution < 1.29 is 32.7 Å². The zero-order chi connectivity index (χ0) is 25.6. The van der Waals surface area contributed by atoms with Gasteiger partial charge in [0.05, 0.1) is 38.5 Å². The molecular formula is C23H33N2O8P. The first-order chi connectivity index (χ1) is 15.9. The minimum Gasteiger partial charge on any atom is -0.493 e. The van der Waals surface area contributed by atoms with Crippen LogP contribution in [0.25, 0.3) is 0 Å². The summed E-state index contributed by atoms with van der Waals surface area (Å²) in [5.41, 5.74) is 1.26. The van der Waals surface area contributed by atoms with E-state index < -0.39 is 30.5 Å². The summed E-state index contributed by atoms with van der Waals surface area (Å²) in [6.07, 6.45) is -0.855. The van der Waals surface area contributed by atoms with Gasteiger partial charge in [0.2, 0.25) is 5.75 Å². The van der Waals surface area contributed by atoms with E-state index in [-0.39, 0.29) is 5.69 Å². The number of benzene rings is 2. The fourth-order valence-corrected chi connectivity index (χ4v) is 5.68. The predicted octanol–water partition coefficient (Wildman–Crippen LogP) is 6.08. The number of nitro groups is 1. The average molecular weight is 496 g/mol. The molecule has 0 fully saturated rings. The first kappa shape index (κ1) is 27.4. The van der Waals surface area contributed by atoms with Crippen LogP contribution < -0.4 is 19.5 Å². The lowest BCUT2D eigenvalue weighted by Gasteiger charge is -2.31. The van der Waals surface area contributed by atoms with Gasteiger partial charge in [-0.3, -0.25) is 14.7 Å². The third-order valence-electron chi connectivity index (χ3n) is 4.74. The number of nitrogens with zero attached hydrogens (tertiary/aromatic N) is 1. The highest BCUT2D eigenvalue weighted by Gasteiger charge is 2.40. The third-order valence-corrected chi connectivity index (χ3v) is 7.23. The SMILES string of the molecule is COc1cc(C(Nc2ccc(C)c([N+](=O)[O-])c2)P(=O)(OC(C)C)OC(C)C)cc(OC)c1OC. The number of anilines is 1. The summed E-state index contributed by atoms with van der Waals surface area (Å²) >= 11 is 0. The molecule has 1 unspecified atom stereocenters. The Hall–Kier alpha value is -2.81. The van der Waals surface area contributed by atoms with Crippen LogP contribution in [-0.4, -0.2) is 38.5 Å². The summed E-state index contributed by atoms with van der Waals surface area (Å²) in [7, 11) is 0.533. The molecule has 0 bridgehead atoms. The molecule has 2 aromatic rings. The topological polar surface area (TPSA) is 118 Å². The van der Waals surface area contributed by atoms with Crippen LogP contribution in [-0.2, 0) is 13.6 Å². The van der Waals surface area contributed by atoms with Crippen LogP contribution in [0.1, 0.15) is 44.6 Å². The van der Waals surface area contributed by atoms with Gasteiger partial charge >= 0.3 is 7.60 Å². The van der Waals surface area contributed by atoms with E-state index in [1.807, 2.05) is 0 Å². The second-order valence-corrected chi connectivity index (χ2v) is 10.1. The first-order valence-corrected chi connectivity index (χ1v) is 12.3. The average Bonchev–Trinajstić information content (AvgIpc) is 2.75. The number of aryl methyl sites for hydroxylation is 1. The van der Waals surface area contributed by atoms with Gasteiger partial charge < -0.3 is 28.6 Å². The Morgan fingerprint density at radius 1 is 0.912 bits per heavy atom. The van der Waals surface area contributed by atoms with Crippen LogP contribution in [0, 0.1) is 17.0 Å². The molecule has 0 aliphatic heterocycles. The summed E-state index contributed by atoms with van der Waals surface area (Å²) in [6.45, 7) is 8.64. The van der Waals surface area contributed by atoms with E-state index in [0.717, 1.165) is 0 Å². The highest BCUT2D eigenvalue weighted by Crippen LogP contribution is 2.63. The van der Waals surface area contributed by atoms with E-state index in [1.54, 1.807) is 58.9 Å². The van der Waals surface area contributed by atoms with Crippen molar-refractivity contribution in [1.29, 1.82) is 0 Å². The lowest BCUT2D eigenvalue weighted by atomic mass is 10.1. The third kappa shape index (κ3) is 6.40. The number of nitro benzene ring substituents is 1. The Morgan fingerprint density at radius 2 is 1.44 bits per heavy atom. The maximum absolute atomic E-state index is 14.2. The Bertz CT molecular complexity index is 1020. The smallest absolute Gasteiger partial charge is 0.357 e. The van der Waals surface area contributed by atoms with Gasteiger partial charge in [-0.15, -0.1) is 0 Å². The lowest BCUT2D eigenvalue weighted by molar-refractivity contribution is -0.385. The maximum atomic E-state index is 14.2. The van der Waals surface area contributed by atoms with E-state index in [9.17, 15) is 14.7 Å². The fraction of sp³-hybridized carbons (Fsp3) is 0.478. The molecule has 0 aromatic heterocycles. The molecule has 0 aliphatic carbocycles. The van der Waals surface area contributed by atoms with Crippen LogP contribution in [0.4, 0.5) is 11.4 Å². The van der Waals surface area contributed by atoms with E-state index in [0.29, 0.717) is 34.1 Å². The normalized spacial score (nSPS) is 12.5. The number of methoxy groups -OCH3 is 3. The highest BCUT2D eigenvalue weighted by molar-refractivity contribution is 7.54. The maximum Gasteiger partial charge on any atom is 0.357 e. The molecule has 2 aromatic carbocycles. The van der Waals surface area contributed by atoms with Crippen molar-refractivity contribution in [2.45, 2.75) is 52.6 Å². The molecule has 0 spiro atoms. The van der Waals surface area contributed by atoms with Crippen molar-refractivity contribution in [2.24, 2.45) is 0 Å². The van der Waals surface area contributed by atoms with Crippen LogP contribution in [0.2, 0.25) is 0 Å². The minimum atomic E-state index is -3.90. The molecule has 0 radical (unpaired) electrons. The summed E-state index contributed by atoms with van der Waals surface area (Å²) in [6, 6.07) is 7.95. The molecule has 11 heteroatoms. The largest absolute Gasteiger partial charge is 0.493 e. The van der Waals surface area contributed by atoms with Crippen molar-refractivity contribution in [3.05, 3.63) is 51.6 Å². The lowest BCUT2D eigenvalue weighted by Crippen LogP contribution is -2.19. The minimum absolute atomic E-state index is 0.0713. The molecule has 188 valence electrons. The molecule has 0 heterocycles. The molecule has 1 atom stereocenters. The highest BCUT2D eigenvalue weighted by atomic mass is 31.2. The van der Waals surface area contributed by atoms with Gasteiger partial charge in [-0.2, -0.15) is 0 Å². The Kier molecular flexibility index (Phi) is 9.32. The number of hydrogen-bond donors (Lipinski definition) is 1. The van der Waals surface area contributed by atoms with Gasteiger partial charge in [-0.25, -0.2) is 0 Å². The van der Waals surface area contributed by atoms with Gasteiger partial charge in [0.25, 0.3) is 5.69 Å². The standard InChI is InChI=1S/C23H33N2O8P/c1-14(2)32-34(28,33-15(3)4)23(24-18-10-9-16(5)19(13-18)25(26)27)17-11-20(29-6)22(31-8)21(12-17)30-7/h9-15,23-24H,1-8H3. The van der Waals surface area contributed by atoms with Crippen molar-refractivity contribution in [3.63, 3.8) is 0 Å². The first-order valence-electron chi connectivity index (χ1n) is 10.7. The van der Waals surface area contributed by atoms with Gasteiger partial charge in [-0.1, -0.05) is 6.07 Å². The van der Waals surface area contributed by atoms with E-state index >= 15 is 0 Å².